The highest BCUT2D eigenvalue weighted by atomic mass is 19.4. The first-order chi connectivity index (χ1) is 14.2. The number of benzene rings is 1. The number of allylic oxidation sites excluding steroid dienone is 2. The van der Waals surface area contributed by atoms with E-state index in [1.807, 2.05) is 12.3 Å². The number of hydrogen-bond donors (Lipinski definition) is 1. The van der Waals surface area contributed by atoms with E-state index >= 15 is 0 Å². The van der Waals surface area contributed by atoms with Gasteiger partial charge in [-0.05, 0) is 62.1 Å². The first-order valence-corrected chi connectivity index (χ1v) is 9.81. The lowest BCUT2D eigenvalue weighted by molar-refractivity contribution is -0.137. The number of nitrogens with zero attached hydrogens (tertiary/aromatic N) is 2. The van der Waals surface area contributed by atoms with Crippen LogP contribution >= 0.6 is 0 Å². The Labute approximate surface area is 173 Å². The van der Waals surface area contributed by atoms with Gasteiger partial charge in [-0.2, -0.15) is 13.2 Å². The molecule has 1 amide bonds. The molecule has 0 atom stereocenters. The molecule has 2 aromatic rings. The van der Waals surface area contributed by atoms with Gasteiger partial charge >= 0.3 is 6.18 Å². The molecule has 0 bridgehead atoms. The molecule has 0 aliphatic carbocycles. The van der Waals surface area contributed by atoms with Crippen LogP contribution in [0.3, 0.4) is 0 Å². The van der Waals surface area contributed by atoms with E-state index in [0.717, 1.165) is 49.2 Å². The summed E-state index contributed by atoms with van der Waals surface area (Å²) < 4.78 is 38.3. The summed E-state index contributed by atoms with van der Waals surface area (Å²) in [6.07, 6.45) is 3.73. The molecule has 7 heteroatoms. The van der Waals surface area contributed by atoms with E-state index < -0.39 is 17.3 Å². The Bertz CT molecular complexity index is 943. The zero-order chi connectivity index (χ0) is 21.8. The van der Waals surface area contributed by atoms with Crippen LogP contribution in [0.5, 0.6) is 0 Å². The number of carbonyl (C=O) groups is 1. The molecule has 1 N–H and O–H groups in total. The van der Waals surface area contributed by atoms with Gasteiger partial charge in [-0.1, -0.05) is 18.2 Å². The van der Waals surface area contributed by atoms with Gasteiger partial charge in [0.1, 0.15) is 0 Å². The molecule has 1 aromatic heterocycles. The molecule has 30 heavy (non-hydrogen) atoms. The molecule has 0 fully saturated rings. The van der Waals surface area contributed by atoms with E-state index in [1.54, 1.807) is 19.9 Å². The first-order valence-electron chi connectivity index (χ1n) is 9.81. The third-order valence-electron chi connectivity index (χ3n) is 5.05. The lowest BCUT2D eigenvalue weighted by Gasteiger charge is -2.27. The molecule has 1 aliphatic heterocycles. The van der Waals surface area contributed by atoms with Gasteiger partial charge < -0.3 is 5.32 Å². The van der Waals surface area contributed by atoms with Crippen LogP contribution in [-0.2, 0) is 11.7 Å². The molecule has 158 valence electrons. The molecule has 0 radical (unpaired) electrons. The topological polar surface area (TPSA) is 54.4 Å². The van der Waals surface area contributed by atoms with E-state index in [-0.39, 0.29) is 5.91 Å². The van der Waals surface area contributed by atoms with Crippen molar-refractivity contribution in [3.8, 4) is 0 Å². The highest BCUT2D eigenvalue weighted by Gasteiger charge is 2.31. The van der Waals surface area contributed by atoms with E-state index in [1.165, 1.54) is 18.3 Å². The Balaban J connectivity index is 1.71. The number of aromatic nitrogens is 1. The number of alkyl halides is 3. The number of nitrogens with one attached hydrogen (secondary N) is 1. The van der Waals surface area contributed by atoms with Crippen molar-refractivity contribution in [1.29, 1.82) is 0 Å². The van der Waals surface area contributed by atoms with E-state index in [0.29, 0.717) is 11.1 Å². The Kier molecular flexibility index (Phi) is 6.39. The third kappa shape index (κ3) is 5.34. The van der Waals surface area contributed by atoms with Crippen molar-refractivity contribution in [3.05, 3.63) is 71.1 Å². The maximum atomic E-state index is 12.8. The van der Waals surface area contributed by atoms with Gasteiger partial charge in [0, 0.05) is 25.4 Å². The minimum atomic E-state index is -4.39. The fourth-order valence-electron chi connectivity index (χ4n) is 3.28. The molecule has 2 heterocycles. The molecule has 0 saturated heterocycles. The predicted octanol–water partition coefficient (Wildman–Crippen LogP) is 5.40. The van der Waals surface area contributed by atoms with Crippen molar-refractivity contribution < 1.29 is 18.0 Å². The van der Waals surface area contributed by atoms with Crippen LogP contribution in [0, 0.1) is 0 Å². The SMILES string of the molecule is CC(C)(NC(=O)c1ccc(/C2=C/CC=NCCC2)nc1)c1ccc(C(F)(F)F)cc1. The summed E-state index contributed by atoms with van der Waals surface area (Å²) in [6.45, 7) is 4.29. The first kappa shape index (κ1) is 21.7. The second kappa shape index (κ2) is 8.81. The summed E-state index contributed by atoms with van der Waals surface area (Å²) in [7, 11) is 0. The zero-order valence-corrected chi connectivity index (χ0v) is 17.0. The van der Waals surface area contributed by atoms with E-state index in [9.17, 15) is 18.0 Å². The van der Waals surface area contributed by atoms with Crippen LogP contribution in [0.2, 0.25) is 0 Å². The van der Waals surface area contributed by atoms with Crippen LogP contribution < -0.4 is 5.32 Å². The van der Waals surface area contributed by atoms with Gasteiger partial charge in [-0.15, -0.1) is 0 Å². The number of hydrogen-bond acceptors (Lipinski definition) is 3. The highest BCUT2D eigenvalue weighted by Crippen LogP contribution is 2.31. The largest absolute Gasteiger partial charge is 0.416 e. The van der Waals surface area contributed by atoms with Gasteiger partial charge in [0.05, 0.1) is 22.4 Å². The van der Waals surface area contributed by atoms with Crippen molar-refractivity contribution in [3.63, 3.8) is 0 Å². The second-order valence-corrected chi connectivity index (χ2v) is 7.74. The smallest absolute Gasteiger partial charge is 0.343 e. The molecule has 1 aromatic carbocycles. The third-order valence-corrected chi connectivity index (χ3v) is 5.05. The molecule has 0 saturated carbocycles. The Morgan fingerprint density at radius 2 is 1.73 bits per heavy atom. The molecule has 0 spiro atoms. The molecule has 0 unspecified atom stereocenters. The lowest BCUT2D eigenvalue weighted by atomic mass is 9.93. The van der Waals surface area contributed by atoms with Crippen molar-refractivity contribution in [2.24, 2.45) is 4.99 Å². The zero-order valence-electron chi connectivity index (χ0n) is 17.0. The summed E-state index contributed by atoms with van der Waals surface area (Å²) in [5.41, 5.74) is 1.38. The quantitative estimate of drug-likeness (QED) is 0.727. The van der Waals surface area contributed by atoms with Crippen molar-refractivity contribution in [2.45, 2.75) is 44.8 Å². The number of rotatable bonds is 4. The monoisotopic (exact) mass is 415 g/mol. The van der Waals surface area contributed by atoms with Crippen molar-refractivity contribution in [2.75, 3.05) is 6.54 Å². The van der Waals surface area contributed by atoms with Gasteiger partial charge in [-0.3, -0.25) is 14.8 Å². The fourth-order valence-corrected chi connectivity index (χ4v) is 3.28. The minimum Gasteiger partial charge on any atom is -0.343 e. The molecular weight excluding hydrogens is 391 g/mol. The second-order valence-electron chi connectivity index (χ2n) is 7.74. The summed E-state index contributed by atoms with van der Waals surface area (Å²) >= 11 is 0. The van der Waals surface area contributed by atoms with Crippen LogP contribution in [0.15, 0.2) is 53.7 Å². The number of carbonyl (C=O) groups excluding carboxylic acids is 1. The van der Waals surface area contributed by atoms with Crippen LogP contribution in [0.1, 0.15) is 60.3 Å². The molecule has 3 rings (SSSR count). The highest BCUT2D eigenvalue weighted by molar-refractivity contribution is 5.94. The number of halogens is 3. The normalized spacial score (nSPS) is 16.9. The average molecular weight is 415 g/mol. The maximum absolute atomic E-state index is 12.8. The summed E-state index contributed by atoms with van der Waals surface area (Å²) in [5.74, 6) is -0.335. The van der Waals surface area contributed by atoms with Crippen molar-refractivity contribution in [1.82, 2.24) is 10.3 Å². The summed E-state index contributed by atoms with van der Waals surface area (Å²) in [5, 5.41) is 2.87. The van der Waals surface area contributed by atoms with Crippen LogP contribution in [0.25, 0.3) is 5.57 Å². The summed E-state index contributed by atoms with van der Waals surface area (Å²) in [4.78, 5) is 21.4. The minimum absolute atomic E-state index is 0.335. The average Bonchev–Trinajstić information content (AvgIpc) is 2.67. The Morgan fingerprint density at radius 3 is 2.37 bits per heavy atom. The molecule has 1 aliphatic rings. The van der Waals surface area contributed by atoms with Gasteiger partial charge in [0.25, 0.3) is 5.91 Å². The van der Waals surface area contributed by atoms with Crippen molar-refractivity contribution >= 4 is 17.7 Å². The van der Waals surface area contributed by atoms with E-state index in [2.05, 4.69) is 21.4 Å². The van der Waals surface area contributed by atoms with Crippen LogP contribution in [0.4, 0.5) is 13.2 Å². The molecular formula is C23H24F3N3O. The number of aliphatic imine (C=N–C) groups is 1. The van der Waals surface area contributed by atoms with Gasteiger partial charge in [0.15, 0.2) is 0 Å². The van der Waals surface area contributed by atoms with Gasteiger partial charge in [0.2, 0.25) is 0 Å². The Morgan fingerprint density at radius 1 is 1.03 bits per heavy atom. The number of amides is 1. The lowest BCUT2D eigenvalue weighted by Crippen LogP contribution is -2.41. The van der Waals surface area contributed by atoms with E-state index in [4.69, 9.17) is 0 Å². The van der Waals surface area contributed by atoms with Crippen LogP contribution in [-0.4, -0.2) is 23.7 Å². The standard InChI is InChI=1S/C23H24F3N3O/c1-22(2,18-8-10-19(11-9-18)23(24,25)26)29-21(30)17-7-12-20(28-15-17)16-5-3-13-27-14-4-6-16/h5,7-13,15H,3-4,6,14H2,1-2H3,(H,29,30)/b16-5+,27-13?. The predicted molar refractivity (Wildman–Crippen MR) is 111 cm³/mol. The Hall–Kier alpha value is -2.96. The summed E-state index contributed by atoms with van der Waals surface area (Å²) in [6, 6.07) is 8.35. The molecule has 4 nitrogen and oxygen atoms in total. The van der Waals surface area contributed by atoms with Gasteiger partial charge in [-0.25, -0.2) is 0 Å². The fraction of sp³-hybridized carbons (Fsp3) is 0.348. The number of pyridine rings is 1. The maximum Gasteiger partial charge on any atom is 0.416 e.